The van der Waals surface area contributed by atoms with Crippen molar-refractivity contribution >= 4 is 33.8 Å². The van der Waals surface area contributed by atoms with Gasteiger partial charge >= 0.3 is 0 Å². The number of aromatic nitrogens is 2. The average Bonchev–Trinajstić information content (AvgIpc) is 3.11. The number of aromatic amines is 1. The van der Waals surface area contributed by atoms with Gasteiger partial charge in [0.05, 0.1) is 22.3 Å². The smallest absolute Gasteiger partial charge is 0.173 e. The summed E-state index contributed by atoms with van der Waals surface area (Å²) < 4.78 is 14.4. The summed E-state index contributed by atoms with van der Waals surface area (Å²) in [4.78, 5) is 25.2. The van der Waals surface area contributed by atoms with Crippen LogP contribution in [0.5, 0.6) is 0 Å². The quantitative estimate of drug-likeness (QED) is 0.668. The summed E-state index contributed by atoms with van der Waals surface area (Å²) in [5, 5.41) is 0. The van der Waals surface area contributed by atoms with E-state index in [0.717, 1.165) is 42.9 Å². The second-order valence-corrected chi connectivity index (χ2v) is 7.74. The van der Waals surface area contributed by atoms with E-state index in [9.17, 15) is 9.18 Å². The van der Waals surface area contributed by atoms with Crippen molar-refractivity contribution in [1.29, 1.82) is 0 Å². The second kappa shape index (κ2) is 7.55. The maximum absolute atomic E-state index is 14.4. The number of hydrogen-bond acceptors (Lipinski definition) is 5. The van der Waals surface area contributed by atoms with Crippen LogP contribution in [-0.4, -0.2) is 59.4 Å². The Morgan fingerprint density at radius 2 is 1.90 bits per heavy atom. The minimum Gasteiger partial charge on any atom is -0.412 e. The van der Waals surface area contributed by atoms with E-state index in [4.69, 9.17) is 5.73 Å². The minimum absolute atomic E-state index is 0. The van der Waals surface area contributed by atoms with Crippen molar-refractivity contribution in [2.45, 2.75) is 6.42 Å². The highest BCUT2D eigenvalue weighted by molar-refractivity contribution is 6.29. The number of allylic oxidation sites excluding steroid dienone is 1. The Labute approximate surface area is 173 Å². The molecule has 1 aromatic heterocycles. The number of likely N-dealkylation sites (N-methyl/N-ethyl adjacent to an activating group) is 1. The van der Waals surface area contributed by atoms with Gasteiger partial charge in [-0.05, 0) is 36.9 Å². The molecule has 0 amide bonds. The molecule has 1 aliphatic carbocycles. The number of H-pyrrole nitrogens is 1. The third kappa shape index (κ3) is 3.24. The third-order valence-electron chi connectivity index (χ3n) is 5.84. The standard InChI is InChI=1S/C22H22FN5O.H2O/c1-27-7-9-28(10-8-27)14-5-6-16-17(12-14)26-22(25-16)20-18(29)11-13-3-2-4-15(23)19(13)21(20)24;/h2-6,12H,7-11,24H2,1H3,(H,25,26);1H2. The molecular weight excluding hydrogens is 385 g/mol. The molecule has 5 N–H and O–H groups in total. The van der Waals surface area contributed by atoms with E-state index in [-0.39, 0.29) is 29.0 Å². The lowest BCUT2D eigenvalue weighted by molar-refractivity contribution is -0.113. The van der Waals surface area contributed by atoms with E-state index in [1.807, 2.05) is 12.1 Å². The molecule has 0 saturated carbocycles. The third-order valence-corrected chi connectivity index (χ3v) is 5.84. The number of fused-ring (bicyclic) bond motifs is 2. The van der Waals surface area contributed by atoms with Gasteiger partial charge in [0, 0.05) is 43.9 Å². The fraction of sp³-hybridized carbons (Fsp3) is 0.273. The van der Waals surface area contributed by atoms with Gasteiger partial charge in [0.15, 0.2) is 5.78 Å². The summed E-state index contributed by atoms with van der Waals surface area (Å²) in [5.41, 5.74) is 10.3. The Morgan fingerprint density at radius 1 is 1.13 bits per heavy atom. The second-order valence-electron chi connectivity index (χ2n) is 7.74. The summed E-state index contributed by atoms with van der Waals surface area (Å²) in [7, 11) is 2.13. The molecule has 2 aliphatic rings. The molecule has 0 spiro atoms. The lowest BCUT2D eigenvalue weighted by Gasteiger charge is -2.34. The first kappa shape index (κ1) is 20.1. The van der Waals surface area contributed by atoms with Crippen LogP contribution in [0.1, 0.15) is 17.0 Å². The topological polar surface area (TPSA) is 110 Å². The summed E-state index contributed by atoms with van der Waals surface area (Å²) in [6.07, 6.45) is 0.118. The summed E-state index contributed by atoms with van der Waals surface area (Å²) in [6, 6.07) is 10.7. The SMILES string of the molecule is CN1CCN(c2ccc3nc(C4=C(N)c5c(F)cccc5CC4=O)[nH]c3c2)CC1.O. The number of nitrogens with zero attached hydrogens (tertiary/aromatic N) is 3. The van der Waals surface area contributed by atoms with Crippen LogP contribution in [-0.2, 0) is 11.2 Å². The van der Waals surface area contributed by atoms with E-state index in [1.165, 1.54) is 6.07 Å². The average molecular weight is 409 g/mol. The fourth-order valence-corrected chi connectivity index (χ4v) is 4.19. The van der Waals surface area contributed by atoms with Crippen LogP contribution in [0.25, 0.3) is 22.3 Å². The van der Waals surface area contributed by atoms with Gasteiger partial charge in [-0.3, -0.25) is 4.79 Å². The van der Waals surface area contributed by atoms with Crippen molar-refractivity contribution in [2.75, 3.05) is 38.1 Å². The zero-order valence-corrected chi connectivity index (χ0v) is 16.7. The van der Waals surface area contributed by atoms with Crippen LogP contribution in [0, 0.1) is 5.82 Å². The first-order valence-electron chi connectivity index (χ1n) is 9.75. The van der Waals surface area contributed by atoms with Crippen LogP contribution in [0.2, 0.25) is 0 Å². The predicted molar refractivity (Wildman–Crippen MR) is 116 cm³/mol. The Hall–Kier alpha value is -3.23. The number of hydrogen-bond donors (Lipinski definition) is 2. The number of rotatable bonds is 2. The Balaban J connectivity index is 0.00000218. The van der Waals surface area contributed by atoms with E-state index in [1.54, 1.807) is 12.1 Å². The summed E-state index contributed by atoms with van der Waals surface area (Å²) >= 11 is 0. The van der Waals surface area contributed by atoms with E-state index in [2.05, 4.69) is 32.9 Å². The number of benzene rings is 2. The highest BCUT2D eigenvalue weighted by Gasteiger charge is 2.29. The Kier molecular flexibility index (Phi) is 5.05. The van der Waals surface area contributed by atoms with Crippen molar-refractivity contribution in [3.8, 4) is 0 Å². The van der Waals surface area contributed by atoms with Gasteiger partial charge in [0.1, 0.15) is 11.6 Å². The number of nitrogens with one attached hydrogen (secondary N) is 1. The van der Waals surface area contributed by atoms with Gasteiger partial charge < -0.3 is 26.0 Å². The zero-order valence-electron chi connectivity index (χ0n) is 16.7. The largest absolute Gasteiger partial charge is 0.412 e. The van der Waals surface area contributed by atoms with Crippen molar-refractivity contribution in [2.24, 2.45) is 5.73 Å². The first-order chi connectivity index (χ1) is 14.0. The predicted octanol–water partition coefficient (Wildman–Crippen LogP) is 1.58. The lowest BCUT2D eigenvalue weighted by atomic mass is 9.88. The molecule has 156 valence electrons. The molecule has 0 radical (unpaired) electrons. The number of ketones is 1. The van der Waals surface area contributed by atoms with Gasteiger partial charge in [-0.2, -0.15) is 0 Å². The molecule has 2 heterocycles. The number of halogens is 1. The molecule has 1 aliphatic heterocycles. The van der Waals surface area contributed by atoms with Gasteiger partial charge in [0.2, 0.25) is 0 Å². The van der Waals surface area contributed by atoms with Crippen LogP contribution in [0.3, 0.4) is 0 Å². The fourth-order valence-electron chi connectivity index (χ4n) is 4.19. The van der Waals surface area contributed by atoms with Crippen LogP contribution >= 0.6 is 0 Å². The highest BCUT2D eigenvalue weighted by atomic mass is 19.1. The number of imidazole rings is 1. The van der Waals surface area contributed by atoms with E-state index < -0.39 is 5.82 Å². The molecule has 2 aromatic carbocycles. The maximum atomic E-state index is 14.4. The first-order valence-corrected chi connectivity index (χ1v) is 9.75. The number of nitrogens with two attached hydrogens (primary N) is 1. The molecule has 7 nitrogen and oxygen atoms in total. The Morgan fingerprint density at radius 3 is 2.67 bits per heavy atom. The molecule has 1 fully saturated rings. The molecule has 0 unspecified atom stereocenters. The summed E-state index contributed by atoms with van der Waals surface area (Å²) in [6.45, 7) is 3.98. The lowest BCUT2D eigenvalue weighted by Crippen LogP contribution is -2.44. The molecule has 3 aromatic rings. The molecular formula is C22H24FN5O2. The van der Waals surface area contributed by atoms with Crippen molar-refractivity contribution in [1.82, 2.24) is 14.9 Å². The zero-order chi connectivity index (χ0) is 20.1. The molecule has 5 rings (SSSR count). The number of carbonyl (C=O) groups is 1. The van der Waals surface area contributed by atoms with Crippen LogP contribution in [0.15, 0.2) is 36.4 Å². The van der Waals surface area contributed by atoms with Gasteiger partial charge in [-0.15, -0.1) is 0 Å². The van der Waals surface area contributed by atoms with Gasteiger partial charge in [-0.25, -0.2) is 9.37 Å². The molecule has 30 heavy (non-hydrogen) atoms. The van der Waals surface area contributed by atoms with Crippen LogP contribution in [0.4, 0.5) is 10.1 Å². The monoisotopic (exact) mass is 409 g/mol. The molecule has 8 heteroatoms. The van der Waals surface area contributed by atoms with Crippen molar-refractivity contribution < 1.29 is 14.7 Å². The number of Topliss-reactive ketones (excluding diaryl/α,β-unsaturated/α-hetero) is 1. The maximum Gasteiger partial charge on any atom is 0.173 e. The number of anilines is 1. The Bertz CT molecular complexity index is 1160. The van der Waals surface area contributed by atoms with Crippen LogP contribution < -0.4 is 10.6 Å². The van der Waals surface area contributed by atoms with E-state index in [0.29, 0.717) is 17.0 Å². The van der Waals surface area contributed by atoms with Gasteiger partial charge in [0.25, 0.3) is 0 Å². The van der Waals surface area contributed by atoms with Crippen molar-refractivity contribution in [3.63, 3.8) is 0 Å². The van der Waals surface area contributed by atoms with Crippen molar-refractivity contribution in [3.05, 3.63) is 59.2 Å². The van der Waals surface area contributed by atoms with Gasteiger partial charge in [-0.1, -0.05) is 12.1 Å². The summed E-state index contributed by atoms with van der Waals surface area (Å²) in [5.74, 6) is -0.177. The number of carbonyl (C=O) groups excluding carboxylic acids is 1. The number of piperazine rings is 1. The molecule has 0 bridgehead atoms. The normalized spacial score (nSPS) is 17.3. The molecule has 0 atom stereocenters. The molecule has 1 saturated heterocycles. The van der Waals surface area contributed by atoms with E-state index >= 15 is 0 Å². The highest BCUT2D eigenvalue weighted by Crippen LogP contribution is 2.33. The minimum atomic E-state index is -0.418.